The van der Waals surface area contributed by atoms with Crippen LogP contribution in [0.15, 0.2) is 29.2 Å². The predicted octanol–water partition coefficient (Wildman–Crippen LogP) is 2.06. The van der Waals surface area contributed by atoms with Crippen molar-refractivity contribution < 1.29 is 24.6 Å². The van der Waals surface area contributed by atoms with Crippen LogP contribution >= 0.6 is 24.0 Å². The summed E-state index contributed by atoms with van der Waals surface area (Å²) in [5, 5.41) is 18.1. The number of hydrogen-bond donors (Lipinski definition) is 2. The van der Waals surface area contributed by atoms with Crippen molar-refractivity contribution in [2.24, 2.45) is 0 Å². The Morgan fingerprint density at radius 3 is 2.55 bits per heavy atom. The number of aromatic carboxylic acids is 1. The van der Waals surface area contributed by atoms with Crippen molar-refractivity contribution in [3.63, 3.8) is 0 Å². The maximum atomic E-state index is 12.3. The molecular weight excluding hydrogens is 326 g/mol. The van der Waals surface area contributed by atoms with E-state index < -0.39 is 23.9 Å². The average Bonchev–Trinajstić information content (AvgIpc) is 2.73. The van der Waals surface area contributed by atoms with Crippen LogP contribution in [0, 0.1) is 0 Å². The molecule has 1 saturated heterocycles. The second-order valence-corrected chi connectivity index (χ2v) is 6.13. The first-order valence-corrected chi connectivity index (χ1v) is 7.37. The monoisotopic (exact) mass is 337 g/mol. The Kier molecular flexibility index (Phi) is 4.62. The molecule has 2 rings (SSSR count). The molecule has 1 amide bonds. The Hall–Kier alpha value is -2.19. The lowest BCUT2D eigenvalue weighted by Gasteiger charge is -2.18. The first-order chi connectivity index (χ1) is 10.3. The van der Waals surface area contributed by atoms with Gasteiger partial charge in [-0.2, -0.15) is 0 Å². The third-order valence-corrected chi connectivity index (χ3v) is 4.38. The number of aliphatic carboxylic acids is 1. The number of nitrogens with zero attached hydrogens (tertiary/aromatic N) is 1. The zero-order valence-electron chi connectivity index (χ0n) is 11.3. The first-order valence-electron chi connectivity index (χ1n) is 6.15. The zero-order chi connectivity index (χ0) is 16.4. The molecule has 1 fully saturated rings. The quantitative estimate of drug-likeness (QED) is 0.641. The Morgan fingerprint density at radius 2 is 1.95 bits per heavy atom. The van der Waals surface area contributed by atoms with E-state index >= 15 is 0 Å². The molecule has 0 radical (unpaired) electrons. The molecule has 1 aromatic carbocycles. The van der Waals surface area contributed by atoms with Crippen molar-refractivity contribution >= 4 is 52.2 Å². The highest BCUT2D eigenvalue weighted by molar-refractivity contribution is 8.26. The fourth-order valence-electron chi connectivity index (χ4n) is 1.88. The molecule has 0 aliphatic carbocycles. The van der Waals surface area contributed by atoms with E-state index in [0.29, 0.717) is 5.56 Å². The number of carbonyl (C=O) groups is 3. The SMILES string of the molecule is C[C@@H](C(=O)O)N1C(=O)/C(=C\c2ccccc2C(=O)O)SC1=S. The number of amides is 1. The Balaban J connectivity index is 2.39. The number of benzene rings is 1. The Labute approximate surface area is 135 Å². The lowest BCUT2D eigenvalue weighted by molar-refractivity contribution is -0.144. The molecule has 1 heterocycles. The summed E-state index contributed by atoms with van der Waals surface area (Å²) in [6, 6.07) is 5.15. The van der Waals surface area contributed by atoms with Crippen molar-refractivity contribution in [3.8, 4) is 0 Å². The van der Waals surface area contributed by atoms with E-state index in [1.54, 1.807) is 18.2 Å². The number of carboxylic acid groups (broad SMARTS) is 2. The van der Waals surface area contributed by atoms with Crippen molar-refractivity contribution in [2.75, 3.05) is 0 Å². The van der Waals surface area contributed by atoms with E-state index in [-0.39, 0.29) is 14.8 Å². The molecule has 0 spiro atoms. The van der Waals surface area contributed by atoms with Crippen molar-refractivity contribution in [1.82, 2.24) is 4.90 Å². The summed E-state index contributed by atoms with van der Waals surface area (Å²) < 4.78 is 0.138. The fourth-order valence-corrected chi connectivity index (χ4v) is 3.29. The van der Waals surface area contributed by atoms with Crippen LogP contribution < -0.4 is 0 Å². The molecule has 6 nitrogen and oxygen atoms in total. The van der Waals surface area contributed by atoms with Gasteiger partial charge in [-0.1, -0.05) is 42.2 Å². The van der Waals surface area contributed by atoms with E-state index in [2.05, 4.69) is 0 Å². The van der Waals surface area contributed by atoms with Gasteiger partial charge in [0.1, 0.15) is 10.4 Å². The number of carbonyl (C=O) groups excluding carboxylic acids is 1. The van der Waals surface area contributed by atoms with Gasteiger partial charge in [-0.15, -0.1) is 0 Å². The third kappa shape index (κ3) is 3.02. The molecule has 1 aliphatic heterocycles. The number of thioether (sulfide) groups is 1. The lowest BCUT2D eigenvalue weighted by atomic mass is 10.1. The van der Waals surface area contributed by atoms with Gasteiger partial charge < -0.3 is 10.2 Å². The van der Waals surface area contributed by atoms with Gasteiger partial charge in [0, 0.05) is 0 Å². The van der Waals surface area contributed by atoms with E-state index in [1.807, 2.05) is 0 Å². The minimum absolute atomic E-state index is 0.0547. The van der Waals surface area contributed by atoms with Crippen molar-refractivity contribution in [3.05, 3.63) is 40.3 Å². The highest BCUT2D eigenvalue weighted by Gasteiger charge is 2.38. The van der Waals surface area contributed by atoms with Gasteiger partial charge in [0.25, 0.3) is 5.91 Å². The van der Waals surface area contributed by atoms with E-state index in [1.165, 1.54) is 19.1 Å². The largest absolute Gasteiger partial charge is 0.480 e. The van der Waals surface area contributed by atoms with E-state index in [4.69, 9.17) is 22.4 Å². The number of rotatable bonds is 4. The molecule has 8 heteroatoms. The number of carboxylic acids is 2. The Bertz CT molecular complexity index is 713. The molecule has 0 bridgehead atoms. The number of thiocarbonyl (C=S) groups is 1. The van der Waals surface area contributed by atoms with Crippen LogP contribution in [0.2, 0.25) is 0 Å². The molecule has 1 aliphatic rings. The van der Waals surface area contributed by atoms with Gasteiger partial charge in [-0.05, 0) is 24.6 Å². The highest BCUT2D eigenvalue weighted by Crippen LogP contribution is 2.34. The summed E-state index contributed by atoms with van der Waals surface area (Å²) in [5.74, 6) is -2.81. The zero-order valence-corrected chi connectivity index (χ0v) is 13.0. The van der Waals surface area contributed by atoms with Crippen LogP contribution in [0.1, 0.15) is 22.8 Å². The smallest absolute Gasteiger partial charge is 0.336 e. The maximum absolute atomic E-state index is 12.3. The summed E-state index contributed by atoms with van der Waals surface area (Å²) in [6.45, 7) is 1.36. The molecule has 1 aromatic rings. The van der Waals surface area contributed by atoms with Crippen LogP contribution in [0.4, 0.5) is 0 Å². The predicted molar refractivity (Wildman–Crippen MR) is 85.5 cm³/mol. The standard InChI is InChI=1S/C14H11NO5S2/c1-7(12(17)18)15-11(16)10(22-14(15)21)6-8-4-2-3-5-9(8)13(19)20/h2-7H,1H3,(H,17,18)(H,19,20)/b10-6+/t7-/m0/s1. The summed E-state index contributed by atoms with van der Waals surface area (Å²) >= 11 is 5.99. The van der Waals surface area contributed by atoms with Crippen LogP contribution in [0.25, 0.3) is 6.08 Å². The van der Waals surface area contributed by atoms with E-state index in [9.17, 15) is 14.4 Å². The van der Waals surface area contributed by atoms with Crippen LogP contribution in [0.3, 0.4) is 0 Å². The van der Waals surface area contributed by atoms with Crippen molar-refractivity contribution in [2.45, 2.75) is 13.0 Å². The first kappa shape index (κ1) is 16.2. The van der Waals surface area contributed by atoms with E-state index in [0.717, 1.165) is 16.7 Å². The lowest BCUT2D eigenvalue weighted by Crippen LogP contribution is -2.41. The molecule has 2 N–H and O–H groups in total. The number of hydrogen-bond acceptors (Lipinski definition) is 5. The molecule has 0 unspecified atom stereocenters. The molecule has 114 valence electrons. The van der Waals surface area contributed by atoms with Gasteiger partial charge >= 0.3 is 11.9 Å². The second kappa shape index (κ2) is 6.29. The van der Waals surface area contributed by atoms with Gasteiger partial charge in [0.15, 0.2) is 0 Å². The third-order valence-electron chi connectivity index (χ3n) is 3.05. The van der Waals surface area contributed by atoms with Gasteiger partial charge in [0.05, 0.1) is 10.5 Å². The summed E-state index contributed by atoms with van der Waals surface area (Å²) in [7, 11) is 0. The Morgan fingerprint density at radius 1 is 1.32 bits per heavy atom. The molecule has 1 atom stereocenters. The fraction of sp³-hybridized carbons (Fsp3) is 0.143. The van der Waals surface area contributed by atoms with Gasteiger partial charge in [-0.3, -0.25) is 9.69 Å². The normalized spacial score (nSPS) is 17.9. The summed E-state index contributed by atoms with van der Waals surface area (Å²) in [5.41, 5.74) is 0.414. The van der Waals surface area contributed by atoms with Gasteiger partial charge in [0.2, 0.25) is 0 Å². The molecule has 0 aromatic heterocycles. The second-order valence-electron chi connectivity index (χ2n) is 4.46. The highest BCUT2D eigenvalue weighted by atomic mass is 32.2. The van der Waals surface area contributed by atoms with Crippen LogP contribution in [0.5, 0.6) is 0 Å². The molecule has 0 saturated carbocycles. The topological polar surface area (TPSA) is 94.9 Å². The average molecular weight is 337 g/mol. The minimum atomic E-state index is -1.16. The molecule has 22 heavy (non-hydrogen) atoms. The van der Waals surface area contributed by atoms with Crippen molar-refractivity contribution in [1.29, 1.82) is 0 Å². The summed E-state index contributed by atoms with van der Waals surface area (Å²) in [4.78, 5) is 35.7. The summed E-state index contributed by atoms with van der Waals surface area (Å²) in [6.07, 6.45) is 1.41. The van der Waals surface area contributed by atoms with Crippen LogP contribution in [-0.4, -0.2) is 43.3 Å². The van der Waals surface area contributed by atoms with Crippen LogP contribution in [-0.2, 0) is 9.59 Å². The minimum Gasteiger partial charge on any atom is -0.480 e. The molecular formula is C14H11NO5S2. The maximum Gasteiger partial charge on any atom is 0.336 e. The van der Waals surface area contributed by atoms with Gasteiger partial charge in [-0.25, -0.2) is 9.59 Å².